The maximum absolute atomic E-state index is 12.2. The molecule has 3 heterocycles. The van der Waals surface area contributed by atoms with Crippen molar-refractivity contribution >= 4 is 34.5 Å². The van der Waals surface area contributed by atoms with Crippen LogP contribution in [0.25, 0.3) is 0 Å². The number of halogens is 1. The maximum atomic E-state index is 12.2. The van der Waals surface area contributed by atoms with E-state index >= 15 is 0 Å². The highest BCUT2D eigenvalue weighted by molar-refractivity contribution is 7.92. The van der Waals surface area contributed by atoms with Crippen LogP contribution in [-0.2, 0) is 20.9 Å². The van der Waals surface area contributed by atoms with Gasteiger partial charge in [-0.05, 0) is 6.92 Å². The van der Waals surface area contributed by atoms with Crippen molar-refractivity contribution in [2.75, 3.05) is 19.7 Å². The quantitative estimate of drug-likeness (QED) is 0.590. The highest BCUT2D eigenvalue weighted by atomic mass is 32.2. The number of amidine groups is 1. The zero-order valence-corrected chi connectivity index (χ0v) is 15.1. The van der Waals surface area contributed by atoms with Gasteiger partial charge >= 0.3 is 5.97 Å². The van der Waals surface area contributed by atoms with Crippen molar-refractivity contribution < 1.29 is 18.5 Å². The smallest absolute Gasteiger partial charge is 0.337 e. The van der Waals surface area contributed by atoms with E-state index in [-0.39, 0.29) is 25.5 Å². The molecule has 1 saturated heterocycles. The van der Waals surface area contributed by atoms with Crippen molar-refractivity contribution in [2.24, 2.45) is 4.99 Å². The summed E-state index contributed by atoms with van der Waals surface area (Å²) in [6.45, 7) is 2.72. The molecule has 0 radical (unpaired) electrons. The zero-order valence-electron chi connectivity index (χ0n) is 13.5. The van der Waals surface area contributed by atoms with Gasteiger partial charge in [0.05, 0.1) is 36.1 Å². The molecule has 134 valence electrons. The van der Waals surface area contributed by atoms with Crippen molar-refractivity contribution in [3.8, 4) is 0 Å². The molecule has 1 aromatic heterocycles. The summed E-state index contributed by atoms with van der Waals surface area (Å²) in [6.07, 6.45) is 2.42. The minimum Gasteiger partial charge on any atom is -0.593 e. The van der Waals surface area contributed by atoms with Crippen molar-refractivity contribution in [3.05, 3.63) is 39.6 Å². The molecule has 1 aromatic rings. The average Bonchev–Trinajstić information content (AvgIpc) is 3.23. The van der Waals surface area contributed by atoms with Gasteiger partial charge in [-0.2, -0.15) is 0 Å². The third kappa shape index (κ3) is 3.92. The van der Waals surface area contributed by atoms with Crippen LogP contribution in [0.1, 0.15) is 18.4 Å². The highest BCUT2D eigenvalue weighted by Crippen LogP contribution is 2.32. The molecular formula is C15H17FN4O3S2. The van der Waals surface area contributed by atoms with Crippen LogP contribution in [0, 0.1) is 0 Å². The third-order valence-electron chi connectivity index (χ3n) is 3.76. The molecular weight excluding hydrogens is 367 g/mol. The number of thiazole rings is 1. The molecule has 7 nitrogen and oxygen atoms in total. The predicted molar refractivity (Wildman–Crippen MR) is 93.8 cm³/mol. The second-order valence-electron chi connectivity index (χ2n) is 5.31. The molecule has 1 fully saturated rings. The summed E-state index contributed by atoms with van der Waals surface area (Å²) in [7, 11) is 0. The van der Waals surface area contributed by atoms with Gasteiger partial charge in [0.15, 0.2) is 16.3 Å². The van der Waals surface area contributed by atoms with Crippen LogP contribution >= 0.6 is 11.3 Å². The summed E-state index contributed by atoms with van der Waals surface area (Å²) in [5.41, 5.74) is 1.29. The number of hydrogen-bond acceptors (Lipinski definition) is 8. The Morgan fingerprint density at radius 3 is 3.20 bits per heavy atom. The minimum absolute atomic E-state index is 0.209. The van der Waals surface area contributed by atoms with Gasteiger partial charge in [0.2, 0.25) is 0 Å². The van der Waals surface area contributed by atoms with Crippen molar-refractivity contribution in [3.63, 3.8) is 0 Å². The molecule has 0 aliphatic carbocycles. The monoisotopic (exact) mass is 384 g/mol. The molecule has 0 amide bonds. The van der Waals surface area contributed by atoms with Crippen LogP contribution in [0.15, 0.2) is 39.6 Å². The number of carbonyl (C=O) groups is 1. The van der Waals surface area contributed by atoms with E-state index in [4.69, 9.17) is 4.74 Å². The first-order valence-electron chi connectivity index (χ1n) is 7.68. The van der Waals surface area contributed by atoms with E-state index in [9.17, 15) is 13.7 Å². The summed E-state index contributed by atoms with van der Waals surface area (Å²) in [5.74, 6) is 0.295. The van der Waals surface area contributed by atoms with Crippen LogP contribution in [0.3, 0.4) is 0 Å². The number of nitrogens with one attached hydrogen (secondary N) is 1. The largest absolute Gasteiger partial charge is 0.593 e. The van der Waals surface area contributed by atoms with Crippen molar-refractivity contribution in [1.29, 1.82) is 0 Å². The molecule has 2 aliphatic heterocycles. The Kier molecular flexibility index (Phi) is 5.84. The van der Waals surface area contributed by atoms with Crippen LogP contribution in [0.5, 0.6) is 0 Å². The Balaban J connectivity index is 1.87. The Hall–Kier alpha value is -1.75. The van der Waals surface area contributed by atoms with E-state index in [0.29, 0.717) is 24.4 Å². The van der Waals surface area contributed by atoms with Gasteiger partial charge in [0.1, 0.15) is 6.33 Å². The van der Waals surface area contributed by atoms with Crippen LogP contribution in [0.4, 0.5) is 4.39 Å². The van der Waals surface area contributed by atoms with E-state index in [1.165, 1.54) is 11.3 Å². The molecule has 1 N–H and O–H groups in total. The Morgan fingerprint density at radius 1 is 1.68 bits per heavy atom. The van der Waals surface area contributed by atoms with Gasteiger partial charge in [0, 0.05) is 30.2 Å². The minimum atomic E-state index is -1.62. The summed E-state index contributed by atoms with van der Waals surface area (Å²) in [5, 5.41) is 3.55. The molecule has 0 saturated carbocycles. The standard InChI is InChI=1S/C15H17FN4O3S2/c1-2-23-15(21)11-8-18-13(14-17-4-5-24-14)20-9-10(7-12(11)20)19-25(22)6-3-16/h3-6,10,19H,2,7-9H2,1H3/b6-3+/t10-,25?/m0/s1. The second kappa shape index (κ2) is 8.09. The van der Waals surface area contributed by atoms with E-state index in [1.54, 1.807) is 13.1 Å². The molecule has 10 heteroatoms. The lowest BCUT2D eigenvalue weighted by Gasteiger charge is -2.26. The van der Waals surface area contributed by atoms with Crippen molar-refractivity contribution in [1.82, 2.24) is 14.6 Å². The Bertz CT molecular complexity index is 720. The highest BCUT2D eigenvalue weighted by Gasteiger charge is 2.39. The first-order valence-corrected chi connectivity index (χ1v) is 9.78. The Morgan fingerprint density at radius 2 is 2.52 bits per heavy atom. The molecule has 3 rings (SSSR count). The fraction of sp³-hybridized carbons (Fsp3) is 0.400. The van der Waals surface area contributed by atoms with Crippen LogP contribution < -0.4 is 4.72 Å². The molecule has 0 bridgehead atoms. The first kappa shape index (κ1) is 18.1. The van der Waals surface area contributed by atoms with E-state index in [0.717, 1.165) is 16.1 Å². The van der Waals surface area contributed by atoms with Crippen molar-refractivity contribution in [2.45, 2.75) is 19.4 Å². The maximum Gasteiger partial charge on any atom is 0.337 e. The van der Waals surface area contributed by atoms with Crippen LogP contribution in [0.2, 0.25) is 0 Å². The lowest BCUT2D eigenvalue weighted by atomic mass is 10.1. The topological polar surface area (TPSA) is 89.9 Å². The van der Waals surface area contributed by atoms with E-state index in [2.05, 4.69) is 14.7 Å². The summed E-state index contributed by atoms with van der Waals surface area (Å²) < 4.78 is 31.9. The summed E-state index contributed by atoms with van der Waals surface area (Å²) in [4.78, 5) is 22.9. The fourth-order valence-corrected chi connectivity index (χ4v) is 4.13. The number of nitrogens with zero attached hydrogens (tertiary/aromatic N) is 3. The van der Waals surface area contributed by atoms with Crippen LogP contribution in [-0.4, -0.2) is 52.0 Å². The van der Waals surface area contributed by atoms with E-state index < -0.39 is 17.3 Å². The number of ether oxygens (including phenoxy) is 1. The molecule has 0 spiro atoms. The average molecular weight is 384 g/mol. The van der Waals surface area contributed by atoms with Gasteiger partial charge in [-0.15, -0.1) is 16.1 Å². The number of carbonyl (C=O) groups excluding carboxylic acids is 1. The number of aromatic nitrogens is 1. The SMILES string of the molecule is CCOC(=O)C1=C2C[C@H](N[S+]([O-])/C=C/F)CN2C(c2nccs2)=NC1. The van der Waals surface area contributed by atoms with Gasteiger partial charge < -0.3 is 14.2 Å². The Labute approximate surface area is 151 Å². The number of fused-ring (bicyclic) bond motifs is 1. The second-order valence-corrected chi connectivity index (χ2v) is 7.31. The molecule has 25 heavy (non-hydrogen) atoms. The molecule has 2 aliphatic rings. The predicted octanol–water partition coefficient (Wildman–Crippen LogP) is 1.49. The van der Waals surface area contributed by atoms with Gasteiger partial charge in [0.25, 0.3) is 0 Å². The lowest BCUT2D eigenvalue weighted by Crippen LogP contribution is -2.38. The molecule has 0 aromatic carbocycles. The number of esters is 1. The lowest BCUT2D eigenvalue weighted by molar-refractivity contribution is -0.138. The number of rotatable bonds is 6. The van der Waals surface area contributed by atoms with Gasteiger partial charge in [-0.1, -0.05) is 0 Å². The molecule has 1 unspecified atom stereocenters. The summed E-state index contributed by atoms with van der Waals surface area (Å²) >= 11 is -0.162. The first-order chi connectivity index (χ1) is 12.1. The number of hydrogen-bond donors (Lipinski definition) is 1. The van der Waals surface area contributed by atoms with Gasteiger partial charge in [-0.25, -0.2) is 14.2 Å². The zero-order chi connectivity index (χ0) is 17.8. The van der Waals surface area contributed by atoms with E-state index in [1.807, 2.05) is 10.3 Å². The van der Waals surface area contributed by atoms with Gasteiger partial charge in [-0.3, -0.25) is 4.99 Å². The third-order valence-corrected chi connectivity index (χ3v) is 5.45. The number of aliphatic imine (C=N–C) groups is 1. The summed E-state index contributed by atoms with van der Waals surface area (Å²) in [6, 6.07) is -0.209. The fourth-order valence-electron chi connectivity index (χ4n) is 2.82. The molecule has 2 atom stereocenters. The normalized spacial score (nSPS) is 21.5.